The Bertz CT molecular complexity index is 1670. The quantitative estimate of drug-likeness (QED) is 0.122. The summed E-state index contributed by atoms with van der Waals surface area (Å²) in [7, 11) is -1.39. The topological polar surface area (TPSA) is 0 Å². The van der Waals surface area contributed by atoms with E-state index in [1.54, 1.807) is 0 Å². The summed E-state index contributed by atoms with van der Waals surface area (Å²) >= 11 is 17.7. The van der Waals surface area contributed by atoms with Crippen molar-refractivity contribution in [2.24, 2.45) is 0 Å². The van der Waals surface area contributed by atoms with Gasteiger partial charge in [0.15, 0.2) is 0 Å². The molecule has 2 aliphatic heterocycles. The zero-order valence-corrected chi connectivity index (χ0v) is 34.5. The Morgan fingerprint density at radius 3 is 0.915 bits per heavy atom. The maximum atomic E-state index is 4.85. The van der Waals surface area contributed by atoms with Gasteiger partial charge in [0.05, 0.1) is 8.47 Å². The van der Waals surface area contributed by atoms with E-state index in [1.807, 2.05) is 71.3 Å². The maximum Gasteiger partial charge on any atom is 2.00 e. The van der Waals surface area contributed by atoms with Crippen LogP contribution in [-0.4, -0.2) is 0 Å². The third kappa shape index (κ3) is 9.29. The Labute approximate surface area is 324 Å². The SMILES string of the molecule is CC1=C(C)SC(=C2SC(P(c3ccccc3)c3ccccc3)=C(P(c3ccccc3)c3ccccc3)S2)S1.[Pt+2].[S-]c1ccccc1[S-]. The van der Waals surface area contributed by atoms with Gasteiger partial charge in [-0.2, -0.15) is 9.79 Å². The molecule has 0 bridgehead atoms. The second kappa shape index (κ2) is 18.1. The fraction of sp³-hybridized carbons (Fsp3) is 0.0526. The minimum absolute atomic E-state index is 0. The van der Waals surface area contributed by atoms with Gasteiger partial charge >= 0.3 is 21.1 Å². The number of hydrogen-bond acceptors (Lipinski definition) is 6. The average molecular weight is 936 g/mol. The summed E-state index contributed by atoms with van der Waals surface area (Å²) < 4.78 is 5.95. The first-order valence-corrected chi connectivity index (χ1v) is 21.4. The first-order valence-electron chi connectivity index (χ1n) is 14.6. The number of thioether (sulfide) groups is 4. The molecule has 2 aliphatic rings. The number of benzene rings is 5. The van der Waals surface area contributed by atoms with E-state index in [9.17, 15) is 0 Å². The minimum Gasteiger partial charge on any atom is -0.781 e. The minimum atomic E-state index is -0.696. The van der Waals surface area contributed by atoms with Crippen LogP contribution in [0.15, 0.2) is 183 Å². The first-order chi connectivity index (χ1) is 22.5. The zero-order chi connectivity index (χ0) is 31.9. The van der Waals surface area contributed by atoms with E-state index in [2.05, 4.69) is 135 Å². The van der Waals surface area contributed by atoms with Crippen molar-refractivity contribution in [3.8, 4) is 0 Å². The molecule has 0 saturated carbocycles. The van der Waals surface area contributed by atoms with Gasteiger partial charge in [-0.25, -0.2) is 0 Å². The summed E-state index contributed by atoms with van der Waals surface area (Å²) in [5, 5.41) is 5.64. The Morgan fingerprint density at radius 1 is 0.383 bits per heavy atom. The molecule has 5 aromatic carbocycles. The smallest absolute Gasteiger partial charge is 0.781 e. The molecule has 0 fully saturated rings. The molecule has 9 heteroatoms. The summed E-state index contributed by atoms with van der Waals surface area (Å²) in [5.74, 6) is 0. The van der Waals surface area contributed by atoms with Crippen molar-refractivity contribution in [1.29, 1.82) is 0 Å². The predicted octanol–water partition coefficient (Wildman–Crippen LogP) is 11.2. The van der Waals surface area contributed by atoms with Crippen molar-refractivity contribution in [3.05, 3.63) is 173 Å². The van der Waals surface area contributed by atoms with Gasteiger partial charge in [-0.05, 0) is 60.7 Å². The van der Waals surface area contributed by atoms with Crippen molar-refractivity contribution < 1.29 is 21.1 Å². The van der Waals surface area contributed by atoms with E-state index < -0.39 is 15.8 Å². The molecule has 2 heterocycles. The van der Waals surface area contributed by atoms with Crippen molar-refractivity contribution in [2.75, 3.05) is 0 Å². The molecule has 0 saturated heterocycles. The molecule has 0 spiro atoms. The Balaban J connectivity index is 0.000000424. The van der Waals surface area contributed by atoms with E-state index in [0.717, 1.165) is 9.79 Å². The van der Waals surface area contributed by atoms with Crippen LogP contribution in [0.1, 0.15) is 13.8 Å². The molecule has 0 aliphatic carbocycles. The fourth-order valence-corrected chi connectivity index (χ4v) is 17.9. The molecular formula is C38H30P2PtS6. The summed E-state index contributed by atoms with van der Waals surface area (Å²) in [4.78, 5) is 4.39. The van der Waals surface area contributed by atoms with Gasteiger partial charge < -0.3 is 25.3 Å². The molecule has 0 atom stereocenters. The molecule has 0 nitrogen and oxygen atoms in total. The molecule has 0 radical (unpaired) electrons. The predicted molar refractivity (Wildman–Crippen MR) is 219 cm³/mol. The Morgan fingerprint density at radius 2 is 0.638 bits per heavy atom. The van der Waals surface area contributed by atoms with Crippen molar-refractivity contribution >= 4 is 109 Å². The van der Waals surface area contributed by atoms with E-state index in [0.29, 0.717) is 0 Å². The van der Waals surface area contributed by atoms with Crippen LogP contribution in [0.3, 0.4) is 0 Å². The van der Waals surface area contributed by atoms with Gasteiger partial charge in [0.1, 0.15) is 0 Å². The average Bonchev–Trinajstić information content (AvgIpc) is 3.67. The molecular weight excluding hydrogens is 906 g/mol. The van der Waals surface area contributed by atoms with Crippen LogP contribution in [0.25, 0.3) is 0 Å². The van der Waals surface area contributed by atoms with Crippen LogP contribution in [0, 0.1) is 0 Å². The molecule has 238 valence electrons. The third-order valence-electron chi connectivity index (χ3n) is 7.03. The molecule has 0 unspecified atom stereocenters. The van der Waals surface area contributed by atoms with E-state index >= 15 is 0 Å². The van der Waals surface area contributed by atoms with Gasteiger partial charge in [-0.15, -0.1) is 0 Å². The Kier molecular flexibility index (Phi) is 14.2. The van der Waals surface area contributed by atoms with Gasteiger partial charge in [0.25, 0.3) is 0 Å². The molecule has 0 N–H and O–H groups in total. The van der Waals surface area contributed by atoms with Crippen LogP contribution in [0.5, 0.6) is 0 Å². The maximum absolute atomic E-state index is 4.85. The van der Waals surface area contributed by atoms with Gasteiger partial charge in [0, 0.05) is 9.29 Å². The molecule has 0 aromatic heterocycles. The van der Waals surface area contributed by atoms with Crippen molar-refractivity contribution in [3.63, 3.8) is 0 Å². The summed E-state index contributed by atoms with van der Waals surface area (Å²) in [6.07, 6.45) is 0. The third-order valence-corrected chi connectivity index (χ3v) is 19.9. The fourth-order valence-electron chi connectivity index (χ4n) is 4.70. The molecule has 7 rings (SSSR count). The molecule has 47 heavy (non-hydrogen) atoms. The largest absolute Gasteiger partial charge is 2.00 e. The summed E-state index contributed by atoms with van der Waals surface area (Å²) in [5.41, 5.74) is 0. The summed E-state index contributed by atoms with van der Waals surface area (Å²) in [6, 6.07) is 52.1. The van der Waals surface area contributed by atoms with E-state index in [-0.39, 0.29) is 21.1 Å². The summed E-state index contributed by atoms with van der Waals surface area (Å²) in [6.45, 7) is 4.50. The normalized spacial score (nSPS) is 14.4. The van der Waals surface area contributed by atoms with Crippen LogP contribution < -0.4 is 21.2 Å². The second-order valence-corrected chi connectivity index (χ2v) is 21.0. The number of hydrogen-bond donors (Lipinski definition) is 0. The molecule has 0 amide bonds. The standard InChI is InChI=1S/C32H26P2S4.C6H6S2.Pt/c1-23-24(2)36-31(35-23)32-37-29(33(25-15-7-3-8-16-25)26-17-9-4-10-18-26)30(38-32)34(27-19-11-5-12-20-27)28-21-13-6-14-22-28;7-5-3-1-2-4-6(5)8;/h3-22H,1-2H3;1-4,7-8H;/q;;+2/p-2. The van der Waals surface area contributed by atoms with Gasteiger partial charge in [-0.3, -0.25) is 0 Å². The van der Waals surface area contributed by atoms with E-state index in [1.165, 1.54) is 48.8 Å². The van der Waals surface area contributed by atoms with Gasteiger partial charge in [-0.1, -0.05) is 193 Å². The second-order valence-electron chi connectivity index (χ2n) is 10.2. The monoisotopic (exact) mass is 935 g/mol. The van der Waals surface area contributed by atoms with Crippen LogP contribution in [0.4, 0.5) is 0 Å². The number of rotatable bonds is 6. The van der Waals surface area contributed by atoms with Crippen molar-refractivity contribution in [2.45, 2.75) is 23.6 Å². The Hall–Kier alpha value is -1.29. The zero-order valence-electron chi connectivity index (χ0n) is 25.5. The van der Waals surface area contributed by atoms with Gasteiger partial charge in [0.2, 0.25) is 0 Å². The number of allylic oxidation sites excluding steroid dienone is 2. The van der Waals surface area contributed by atoms with Crippen LogP contribution >= 0.6 is 62.9 Å². The first kappa shape index (κ1) is 37.0. The van der Waals surface area contributed by atoms with E-state index in [4.69, 9.17) is 25.3 Å². The molecule has 5 aromatic rings. The van der Waals surface area contributed by atoms with Crippen molar-refractivity contribution in [1.82, 2.24) is 0 Å². The van der Waals surface area contributed by atoms with Crippen LogP contribution in [-0.2, 0) is 46.3 Å². The van der Waals surface area contributed by atoms with Crippen LogP contribution in [0.2, 0.25) is 0 Å².